The Morgan fingerprint density at radius 1 is 0.970 bits per heavy atom. The van der Waals surface area contributed by atoms with Crippen LogP contribution in [-0.2, 0) is 6.18 Å². The van der Waals surface area contributed by atoms with Gasteiger partial charge in [-0.15, -0.1) is 0 Å². The van der Waals surface area contributed by atoms with Gasteiger partial charge in [0.1, 0.15) is 5.82 Å². The van der Waals surface area contributed by atoms with Crippen LogP contribution in [0.5, 0.6) is 0 Å². The summed E-state index contributed by atoms with van der Waals surface area (Å²) in [5, 5.41) is 0.508. The average Bonchev–Trinajstić information content (AvgIpc) is 2.80. The summed E-state index contributed by atoms with van der Waals surface area (Å²) >= 11 is 6.01. The minimum absolute atomic E-state index is 0.0857. The molecule has 0 atom stereocenters. The molecule has 0 unspecified atom stereocenters. The lowest BCUT2D eigenvalue weighted by molar-refractivity contribution is -0.137. The maximum absolute atomic E-state index is 13.2. The molecule has 0 bridgehead atoms. The minimum Gasteiger partial charge on any atom is -0.353 e. The molecule has 172 valence electrons. The van der Waals surface area contributed by atoms with Gasteiger partial charge in [0.05, 0.1) is 5.56 Å². The van der Waals surface area contributed by atoms with Gasteiger partial charge in [0.2, 0.25) is 0 Å². The van der Waals surface area contributed by atoms with E-state index in [4.69, 9.17) is 11.6 Å². The number of benzene rings is 2. The van der Waals surface area contributed by atoms with Crippen molar-refractivity contribution in [2.75, 3.05) is 31.1 Å². The van der Waals surface area contributed by atoms with Crippen molar-refractivity contribution in [3.63, 3.8) is 0 Å². The number of hydrogen-bond donors (Lipinski definition) is 0. The van der Waals surface area contributed by atoms with Crippen LogP contribution in [0.3, 0.4) is 0 Å². The SMILES string of the molecule is Cc1nc(-c2cccc(C(F)(F)F)c2)nc(N2CCN(C(=O)c3cccc(Cl)c3)CC2)c1C. The first-order chi connectivity index (χ1) is 15.6. The lowest BCUT2D eigenvalue weighted by Gasteiger charge is -2.36. The van der Waals surface area contributed by atoms with E-state index in [-0.39, 0.29) is 11.7 Å². The van der Waals surface area contributed by atoms with Crippen molar-refractivity contribution in [3.05, 3.63) is 75.9 Å². The summed E-state index contributed by atoms with van der Waals surface area (Å²) in [7, 11) is 0. The molecule has 0 aliphatic carbocycles. The molecular weight excluding hydrogens is 453 g/mol. The van der Waals surface area contributed by atoms with Gasteiger partial charge in [-0.3, -0.25) is 4.79 Å². The number of hydrogen-bond acceptors (Lipinski definition) is 4. The van der Waals surface area contributed by atoms with Crippen molar-refractivity contribution in [3.8, 4) is 11.4 Å². The lowest BCUT2D eigenvalue weighted by Crippen LogP contribution is -2.49. The highest BCUT2D eigenvalue weighted by Gasteiger charge is 2.31. The second kappa shape index (κ2) is 9.02. The molecule has 1 amide bonds. The highest BCUT2D eigenvalue weighted by Crippen LogP contribution is 2.32. The fourth-order valence-electron chi connectivity index (χ4n) is 3.81. The van der Waals surface area contributed by atoms with E-state index in [1.165, 1.54) is 6.07 Å². The largest absolute Gasteiger partial charge is 0.416 e. The van der Waals surface area contributed by atoms with Crippen LogP contribution < -0.4 is 4.90 Å². The van der Waals surface area contributed by atoms with Crippen molar-refractivity contribution in [2.24, 2.45) is 0 Å². The molecule has 2 heterocycles. The predicted molar refractivity (Wildman–Crippen MR) is 122 cm³/mol. The van der Waals surface area contributed by atoms with Crippen molar-refractivity contribution in [2.45, 2.75) is 20.0 Å². The molecule has 2 aromatic carbocycles. The first-order valence-electron chi connectivity index (χ1n) is 10.5. The third kappa shape index (κ3) is 4.95. The van der Waals surface area contributed by atoms with E-state index in [2.05, 4.69) is 9.97 Å². The zero-order valence-corrected chi connectivity index (χ0v) is 18.9. The first-order valence-corrected chi connectivity index (χ1v) is 10.8. The molecule has 9 heteroatoms. The second-order valence-corrected chi connectivity index (χ2v) is 8.39. The van der Waals surface area contributed by atoms with Gasteiger partial charge in [-0.25, -0.2) is 9.97 Å². The summed E-state index contributed by atoms with van der Waals surface area (Å²) in [4.78, 5) is 25.7. The molecule has 4 rings (SSSR count). The van der Waals surface area contributed by atoms with E-state index in [1.807, 2.05) is 18.7 Å². The van der Waals surface area contributed by atoms with Gasteiger partial charge in [-0.05, 0) is 44.2 Å². The Bertz CT molecular complexity index is 1190. The number of aryl methyl sites for hydroxylation is 1. The smallest absolute Gasteiger partial charge is 0.353 e. The van der Waals surface area contributed by atoms with Crippen LogP contribution in [0, 0.1) is 13.8 Å². The van der Waals surface area contributed by atoms with Gasteiger partial charge in [-0.2, -0.15) is 13.2 Å². The Morgan fingerprint density at radius 3 is 2.33 bits per heavy atom. The maximum Gasteiger partial charge on any atom is 0.416 e. The summed E-state index contributed by atoms with van der Waals surface area (Å²) < 4.78 is 39.5. The molecule has 1 aliphatic heterocycles. The Morgan fingerprint density at radius 2 is 1.67 bits per heavy atom. The van der Waals surface area contributed by atoms with Crippen LogP contribution >= 0.6 is 11.6 Å². The van der Waals surface area contributed by atoms with Crippen molar-refractivity contribution in [1.82, 2.24) is 14.9 Å². The van der Waals surface area contributed by atoms with Gasteiger partial charge < -0.3 is 9.80 Å². The number of piperazine rings is 1. The second-order valence-electron chi connectivity index (χ2n) is 7.95. The van der Waals surface area contributed by atoms with Gasteiger partial charge in [-0.1, -0.05) is 29.8 Å². The summed E-state index contributed by atoms with van der Waals surface area (Å²) in [5.74, 6) is 0.832. The molecule has 3 aromatic rings. The highest BCUT2D eigenvalue weighted by molar-refractivity contribution is 6.30. The number of carbonyl (C=O) groups is 1. The number of amides is 1. The topological polar surface area (TPSA) is 49.3 Å². The average molecular weight is 475 g/mol. The molecular formula is C24H22ClF3N4O. The van der Waals surface area contributed by atoms with Gasteiger partial charge in [0, 0.05) is 53.6 Å². The summed E-state index contributed by atoms with van der Waals surface area (Å²) in [6, 6.07) is 11.9. The number of carbonyl (C=O) groups excluding carboxylic acids is 1. The maximum atomic E-state index is 13.2. The number of halogens is 4. The Kier molecular flexibility index (Phi) is 6.30. The molecule has 5 nitrogen and oxygen atoms in total. The van der Waals surface area contributed by atoms with E-state index >= 15 is 0 Å². The predicted octanol–water partition coefficient (Wildman–Crippen LogP) is 5.40. The molecule has 1 aromatic heterocycles. The molecule has 1 saturated heterocycles. The van der Waals surface area contributed by atoms with Gasteiger partial charge in [0.15, 0.2) is 5.82 Å². The Hall–Kier alpha value is -3.13. The third-order valence-electron chi connectivity index (χ3n) is 5.75. The molecule has 0 saturated carbocycles. The standard InChI is InChI=1S/C24H22ClF3N4O/c1-15-16(2)29-21(17-5-3-7-19(13-17)24(26,27)28)30-22(15)31-9-11-32(12-10-31)23(33)18-6-4-8-20(25)14-18/h3-8,13-14H,9-12H2,1-2H3. The molecule has 0 radical (unpaired) electrons. The molecule has 1 fully saturated rings. The fraction of sp³-hybridized carbons (Fsp3) is 0.292. The van der Waals surface area contributed by atoms with E-state index in [1.54, 1.807) is 35.2 Å². The number of anilines is 1. The number of alkyl halides is 3. The Labute approximate surface area is 194 Å². The number of rotatable bonds is 3. The lowest BCUT2D eigenvalue weighted by atomic mass is 10.1. The van der Waals surface area contributed by atoms with Gasteiger partial charge in [0.25, 0.3) is 5.91 Å². The zero-order valence-electron chi connectivity index (χ0n) is 18.2. The van der Waals surface area contributed by atoms with Crippen molar-refractivity contribution >= 4 is 23.3 Å². The quantitative estimate of drug-likeness (QED) is 0.510. The van der Waals surface area contributed by atoms with Crippen LogP contribution in [0.4, 0.5) is 19.0 Å². The first kappa shape index (κ1) is 23.0. The molecule has 0 spiro atoms. The Balaban J connectivity index is 1.56. The summed E-state index contributed by atoms with van der Waals surface area (Å²) in [6.07, 6.45) is -4.44. The normalized spacial score (nSPS) is 14.5. The third-order valence-corrected chi connectivity index (χ3v) is 5.98. The van der Waals surface area contributed by atoms with Gasteiger partial charge >= 0.3 is 6.18 Å². The fourth-order valence-corrected chi connectivity index (χ4v) is 4.00. The molecule has 0 N–H and O–H groups in total. The zero-order chi connectivity index (χ0) is 23.8. The van der Waals surface area contributed by atoms with E-state index in [0.29, 0.717) is 53.8 Å². The van der Waals surface area contributed by atoms with Crippen LogP contribution in [0.15, 0.2) is 48.5 Å². The number of nitrogens with zero attached hydrogens (tertiary/aromatic N) is 4. The van der Waals surface area contributed by atoms with E-state index in [9.17, 15) is 18.0 Å². The summed E-state index contributed by atoms with van der Waals surface area (Å²) in [6.45, 7) is 5.79. The van der Waals surface area contributed by atoms with Crippen LogP contribution in [-0.4, -0.2) is 47.0 Å². The van der Waals surface area contributed by atoms with Crippen LogP contribution in [0.1, 0.15) is 27.2 Å². The van der Waals surface area contributed by atoms with Crippen LogP contribution in [0.2, 0.25) is 5.02 Å². The van der Waals surface area contributed by atoms with E-state index in [0.717, 1.165) is 17.7 Å². The monoisotopic (exact) mass is 474 g/mol. The van der Waals surface area contributed by atoms with Crippen LogP contribution in [0.25, 0.3) is 11.4 Å². The van der Waals surface area contributed by atoms with Crippen molar-refractivity contribution in [1.29, 1.82) is 0 Å². The molecule has 33 heavy (non-hydrogen) atoms. The summed E-state index contributed by atoms with van der Waals surface area (Å²) in [5.41, 5.74) is 1.67. The van der Waals surface area contributed by atoms with E-state index < -0.39 is 11.7 Å². The number of aromatic nitrogens is 2. The highest BCUT2D eigenvalue weighted by atomic mass is 35.5. The minimum atomic E-state index is -4.44. The molecule has 1 aliphatic rings. The van der Waals surface area contributed by atoms with Crippen molar-refractivity contribution < 1.29 is 18.0 Å².